The van der Waals surface area contributed by atoms with Gasteiger partial charge in [0.2, 0.25) is 5.95 Å². The van der Waals surface area contributed by atoms with Gasteiger partial charge in [0.15, 0.2) is 0 Å². The lowest BCUT2D eigenvalue weighted by Crippen LogP contribution is -2.03. The van der Waals surface area contributed by atoms with E-state index in [-0.39, 0.29) is 0 Å². The van der Waals surface area contributed by atoms with E-state index >= 15 is 0 Å². The molecule has 12 aromatic rings. The second-order valence-corrected chi connectivity index (χ2v) is 14.9. The number of benzene rings is 8. The number of aromatic nitrogens is 4. The fourth-order valence-corrected chi connectivity index (χ4v) is 9.66. The Morgan fingerprint density at radius 1 is 0.377 bits per heavy atom. The zero-order valence-electron chi connectivity index (χ0n) is 28.4. The number of hydrogen-bond donors (Lipinski definition) is 0. The van der Waals surface area contributed by atoms with Crippen molar-refractivity contribution in [2.75, 3.05) is 0 Å². The summed E-state index contributed by atoms with van der Waals surface area (Å²) < 4.78 is 7.26. The molecule has 0 unspecified atom stereocenters. The third-order valence-corrected chi connectivity index (χ3v) is 12.1. The van der Waals surface area contributed by atoms with Crippen molar-refractivity contribution >= 4 is 96.8 Å². The molecule has 0 amide bonds. The summed E-state index contributed by atoms with van der Waals surface area (Å²) in [5, 5.41) is 10.8. The Morgan fingerprint density at radius 2 is 1.00 bits per heavy atom. The van der Waals surface area contributed by atoms with Crippen molar-refractivity contribution in [3.8, 4) is 22.9 Å². The maximum absolute atomic E-state index is 5.47. The maximum Gasteiger partial charge on any atom is 0.235 e. The molecule has 0 aliphatic rings. The summed E-state index contributed by atoms with van der Waals surface area (Å²) in [6.07, 6.45) is 0. The van der Waals surface area contributed by atoms with Gasteiger partial charge in [-0.05, 0) is 66.0 Å². The van der Waals surface area contributed by atoms with E-state index in [0.717, 1.165) is 38.9 Å². The molecule has 4 heterocycles. The van der Waals surface area contributed by atoms with Crippen molar-refractivity contribution < 1.29 is 0 Å². The van der Waals surface area contributed by atoms with Gasteiger partial charge in [0, 0.05) is 58.1 Å². The smallest absolute Gasteiger partial charge is 0.235 e. The molecule has 246 valence electrons. The van der Waals surface area contributed by atoms with E-state index in [0.29, 0.717) is 5.95 Å². The first-order valence-electron chi connectivity index (χ1n) is 17.9. The molecule has 4 nitrogen and oxygen atoms in total. The molecule has 0 aliphatic heterocycles. The van der Waals surface area contributed by atoms with Crippen LogP contribution >= 0.6 is 11.3 Å². The van der Waals surface area contributed by atoms with Crippen molar-refractivity contribution in [2.24, 2.45) is 0 Å². The number of thiophene rings is 1. The number of rotatable bonds is 3. The largest absolute Gasteiger partial charge is 0.309 e. The topological polar surface area (TPSA) is 35.6 Å². The van der Waals surface area contributed by atoms with Crippen molar-refractivity contribution in [2.45, 2.75) is 0 Å². The molecule has 0 atom stereocenters. The van der Waals surface area contributed by atoms with Crippen LogP contribution in [0.25, 0.3) is 108 Å². The summed E-state index contributed by atoms with van der Waals surface area (Å²) in [6, 6.07) is 61.2. The van der Waals surface area contributed by atoms with Gasteiger partial charge >= 0.3 is 0 Å². The number of hydrogen-bond acceptors (Lipinski definition) is 3. The number of nitrogens with zero attached hydrogens (tertiary/aromatic N) is 4. The molecule has 0 fully saturated rings. The van der Waals surface area contributed by atoms with Gasteiger partial charge in [-0.3, -0.25) is 4.57 Å². The molecule has 0 radical (unpaired) electrons. The summed E-state index contributed by atoms with van der Waals surface area (Å²) in [6.45, 7) is 0. The standard InChI is InChI=1S/C48H28N4S/c1-6-18-39-35(17-1)47(30-24-25-46-38(27-30)34-16-5-10-23-45(34)53-46)50-48(49-39)52-42-21-9-4-15-33(42)37-26-29-12-11-22-43(36(29)28-44(37)52)51-40-19-7-2-13-31(40)32-14-3-8-20-41(32)51/h1-28H. The Hall–Kier alpha value is -6.82. The van der Waals surface area contributed by atoms with Gasteiger partial charge in [-0.15, -0.1) is 11.3 Å². The van der Waals surface area contributed by atoms with E-state index in [2.05, 4.69) is 179 Å². The van der Waals surface area contributed by atoms with E-state index < -0.39 is 0 Å². The second-order valence-electron chi connectivity index (χ2n) is 13.8. The van der Waals surface area contributed by atoms with Crippen LogP contribution in [0.15, 0.2) is 170 Å². The Morgan fingerprint density at radius 3 is 1.77 bits per heavy atom. The van der Waals surface area contributed by atoms with Crippen LogP contribution in [0.3, 0.4) is 0 Å². The summed E-state index contributed by atoms with van der Waals surface area (Å²) in [5.74, 6) is 0.661. The highest BCUT2D eigenvalue weighted by Gasteiger charge is 2.20. The van der Waals surface area contributed by atoms with Gasteiger partial charge < -0.3 is 4.57 Å². The minimum absolute atomic E-state index is 0.661. The lowest BCUT2D eigenvalue weighted by atomic mass is 10.0. The molecule has 4 aromatic heterocycles. The quantitative estimate of drug-likeness (QED) is 0.185. The van der Waals surface area contributed by atoms with Crippen LogP contribution in [-0.4, -0.2) is 19.1 Å². The second kappa shape index (κ2) is 10.8. The Labute approximate surface area is 307 Å². The van der Waals surface area contributed by atoms with E-state index in [1.165, 1.54) is 63.5 Å². The summed E-state index contributed by atoms with van der Waals surface area (Å²) >= 11 is 1.84. The van der Waals surface area contributed by atoms with Crippen LogP contribution in [0.2, 0.25) is 0 Å². The van der Waals surface area contributed by atoms with Crippen molar-refractivity contribution in [1.82, 2.24) is 19.1 Å². The highest BCUT2D eigenvalue weighted by atomic mass is 32.1. The zero-order chi connectivity index (χ0) is 34.6. The van der Waals surface area contributed by atoms with Crippen LogP contribution in [0.5, 0.6) is 0 Å². The molecule has 0 aliphatic carbocycles. The Kier molecular flexibility index (Phi) is 5.90. The van der Waals surface area contributed by atoms with Crippen LogP contribution in [0.1, 0.15) is 0 Å². The van der Waals surface area contributed by atoms with Crippen molar-refractivity contribution in [3.63, 3.8) is 0 Å². The van der Waals surface area contributed by atoms with Crippen LogP contribution < -0.4 is 0 Å². The predicted molar refractivity (Wildman–Crippen MR) is 224 cm³/mol. The average molecular weight is 693 g/mol. The monoisotopic (exact) mass is 692 g/mol. The fourth-order valence-electron chi connectivity index (χ4n) is 8.57. The van der Waals surface area contributed by atoms with Crippen molar-refractivity contribution in [1.29, 1.82) is 0 Å². The molecule has 12 rings (SSSR count). The lowest BCUT2D eigenvalue weighted by Gasteiger charge is -2.14. The van der Waals surface area contributed by atoms with Gasteiger partial charge in [-0.2, -0.15) is 0 Å². The van der Waals surface area contributed by atoms with Crippen LogP contribution in [0.4, 0.5) is 0 Å². The Bertz CT molecular complexity index is 3420. The minimum Gasteiger partial charge on any atom is -0.309 e. The predicted octanol–water partition coefficient (Wildman–Crippen LogP) is 13.0. The summed E-state index contributed by atoms with van der Waals surface area (Å²) in [7, 11) is 0. The van der Waals surface area contributed by atoms with Crippen molar-refractivity contribution in [3.05, 3.63) is 170 Å². The van der Waals surface area contributed by atoms with Crippen LogP contribution in [-0.2, 0) is 0 Å². The summed E-state index contributed by atoms with van der Waals surface area (Å²) in [4.78, 5) is 10.8. The van der Waals surface area contributed by atoms with E-state index in [4.69, 9.17) is 9.97 Å². The molecule has 0 spiro atoms. The van der Waals surface area contributed by atoms with E-state index in [9.17, 15) is 0 Å². The molecule has 0 saturated heterocycles. The molecule has 53 heavy (non-hydrogen) atoms. The first kappa shape index (κ1) is 28.8. The van der Waals surface area contributed by atoms with Gasteiger partial charge in [-0.1, -0.05) is 109 Å². The van der Waals surface area contributed by atoms with Gasteiger partial charge in [-0.25, -0.2) is 9.97 Å². The summed E-state index contributed by atoms with van der Waals surface area (Å²) in [5.41, 5.74) is 8.63. The fraction of sp³-hybridized carbons (Fsp3) is 0. The lowest BCUT2D eigenvalue weighted by molar-refractivity contribution is 1.01. The SMILES string of the molecule is c1cc(-n2c3ccccc3c3ccccc32)c2cc3c(cc2c1)c1ccccc1n3-c1nc(-c2ccc3sc4ccccc4c3c2)c2ccccc2n1. The number of fused-ring (bicyclic) bond motifs is 11. The third-order valence-electron chi connectivity index (χ3n) is 10.9. The maximum atomic E-state index is 5.47. The molecule has 5 heteroatoms. The highest BCUT2D eigenvalue weighted by Crippen LogP contribution is 2.41. The molecule has 8 aromatic carbocycles. The normalized spacial score (nSPS) is 12.2. The average Bonchev–Trinajstić information content (AvgIpc) is 3.87. The number of para-hydroxylation sites is 4. The van der Waals surface area contributed by atoms with Crippen LogP contribution in [0, 0.1) is 0 Å². The highest BCUT2D eigenvalue weighted by molar-refractivity contribution is 7.25. The Balaban J connectivity index is 1.16. The van der Waals surface area contributed by atoms with E-state index in [1.54, 1.807) is 0 Å². The van der Waals surface area contributed by atoms with E-state index in [1.807, 2.05) is 11.3 Å². The zero-order valence-corrected chi connectivity index (χ0v) is 29.2. The van der Waals surface area contributed by atoms with Gasteiger partial charge in [0.05, 0.1) is 39.0 Å². The molecular formula is C48H28N4S. The first-order valence-corrected chi connectivity index (χ1v) is 18.7. The first-order chi connectivity index (χ1) is 26.3. The van der Waals surface area contributed by atoms with Gasteiger partial charge in [0.25, 0.3) is 0 Å². The molecular weight excluding hydrogens is 665 g/mol. The van der Waals surface area contributed by atoms with Gasteiger partial charge in [0.1, 0.15) is 0 Å². The minimum atomic E-state index is 0.661. The molecule has 0 N–H and O–H groups in total. The molecule has 0 saturated carbocycles. The molecule has 0 bridgehead atoms. The third kappa shape index (κ3) is 4.11.